The molecule has 2 atom stereocenters. The van der Waals surface area contributed by atoms with Gasteiger partial charge in [0.1, 0.15) is 5.75 Å². The van der Waals surface area contributed by atoms with E-state index in [0.717, 1.165) is 0 Å². The van der Waals surface area contributed by atoms with E-state index in [4.69, 9.17) is 28.9 Å². The second-order valence-electron chi connectivity index (χ2n) is 6.54. The molecule has 30 heavy (non-hydrogen) atoms. The lowest BCUT2D eigenvalue weighted by molar-refractivity contribution is -0.137. The second kappa shape index (κ2) is 7.94. The molecular weight excluding hydrogens is 435 g/mol. The third-order valence-corrected chi connectivity index (χ3v) is 5.42. The first-order valence-corrected chi connectivity index (χ1v) is 9.32. The molecular formula is C19H16Cl2N4O5. The van der Waals surface area contributed by atoms with Crippen molar-refractivity contribution in [2.45, 2.75) is 12.5 Å². The number of hydrazone groups is 1. The van der Waals surface area contributed by atoms with Gasteiger partial charge in [0.05, 0.1) is 21.3 Å². The Hall–Kier alpha value is -3.14. The molecule has 0 saturated carbocycles. The molecule has 9 nitrogen and oxygen atoms in total. The van der Waals surface area contributed by atoms with E-state index in [0.29, 0.717) is 5.69 Å². The Morgan fingerprint density at radius 3 is 2.50 bits per heavy atom. The number of primary amides is 1. The van der Waals surface area contributed by atoms with Crippen molar-refractivity contribution in [3.8, 4) is 5.75 Å². The van der Waals surface area contributed by atoms with Crippen LogP contribution in [-0.4, -0.2) is 33.6 Å². The number of para-hydroxylation sites is 1. The number of hydrogen-bond acceptors (Lipinski definition) is 6. The molecule has 1 heterocycles. The number of hydrogen-bond donors (Lipinski definition) is 5. The van der Waals surface area contributed by atoms with E-state index in [9.17, 15) is 24.6 Å². The predicted octanol–water partition coefficient (Wildman–Crippen LogP) is 1.48. The number of nitrogens with zero attached hydrogens (tertiary/aromatic N) is 1. The quantitative estimate of drug-likeness (QED) is 0.271. The average Bonchev–Trinajstić information content (AvgIpc) is 2.98. The van der Waals surface area contributed by atoms with Gasteiger partial charge >= 0.3 is 11.8 Å². The summed E-state index contributed by atoms with van der Waals surface area (Å²) in [5, 5.41) is 28.2. The van der Waals surface area contributed by atoms with Gasteiger partial charge in [0.25, 0.3) is 5.91 Å². The number of anilines is 1. The highest BCUT2D eigenvalue weighted by atomic mass is 35.5. The maximum atomic E-state index is 12.7. The average molecular weight is 451 g/mol. The standard InChI is InChI=1S/C19H16Cl2N4O5/c1-8(19(30)9-4-2-3-5-12(9)23-18(19)29)14(24-25-17(28)16(22)27)13-10(20)6-7-11(21)15(13)26/h2-8,26,30H,1H3,(H2,22,27)(H,23,29)(H,25,28)/b24-14+/t8-,19-/m0/s1. The second-order valence-corrected chi connectivity index (χ2v) is 7.36. The molecule has 0 fully saturated rings. The summed E-state index contributed by atoms with van der Waals surface area (Å²) in [4.78, 5) is 35.4. The Labute approximate surface area is 180 Å². The van der Waals surface area contributed by atoms with Crippen molar-refractivity contribution in [1.29, 1.82) is 0 Å². The summed E-state index contributed by atoms with van der Waals surface area (Å²) >= 11 is 12.2. The van der Waals surface area contributed by atoms with Gasteiger partial charge in [-0.1, -0.05) is 48.3 Å². The van der Waals surface area contributed by atoms with Gasteiger partial charge in [-0.15, -0.1) is 0 Å². The number of aromatic hydroxyl groups is 1. The van der Waals surface area contributed by atoms with Crippen LogP contribution in [0.15, 0.2) is 41.5 Å². The molecule has 0 aliphatic carbocycles. The first-order valence-electron chi connectivity index (χ1n) is 8.57. The Balaban J connectivity index is 2.20. The highest BCUT2D eigenvalue weighted by Gasteiger charge is 2.51. The number of fused-ring (bicyclic) bond motifs is 1. The smallest absolute Gasteiger partial charge is 0.329 e. The third kappa shape index (κ3) is 3.47. The SMILES string of the molecule is C[C@@H](/C(=N\NC(=O)C(N)=O)c1c(Cl)ccc(Cl)c1O)[C@@]1(O)C(=O)Nc2ccccc21. The Bertz CT molecular complexity index is 1100. The fraction of sp³-hybridized carbons (Fsp3) is 0.158. The molecule has 2 aromatic carbocycles. The largest absolute Gasteiger partial charge is 0.506 e. The molecule has 156 valence electrons. The van der Waals surface area contributed by atoms with Crippen LogP contribution in [0.4, 0.5) is 5.69 Å². The molecule has 6 N–H and O–H groups in total. The lowest BCUT2D eigenvalue weighted by Crippen LogP contribution is -2.45. The molecule has 3 amide bonds. The summed E-state index contributed by atoms with van der Waals surface area (Å²) in [6, 6.07) is 9.16. The number of halogens is 2. The number of benzene rings is 2. The van der Waals surface area contributed by atoms with Crippen molar-refractivity contribution in [3.05, 3.63) is 57.6 Å². The zero-order valence-electron chi connectivity index (χ0n) is 15.4. The summed E-state index contributed by atoms with van der Waals surface area (Å²) < 4.78 is 0. The van der Waals surface area contributed by atoms with Crippen molar-refractivity contribution in [1.82, 2.24) is 5.43 Å². The van der Waals surface area contributed by atoms with Crippen LogP contribution in [0.3, 0.4) is 0 Å². The molecule has 0 spiro atoms. The van der Waals surface area contributed by atoms with E-state index in [1.807, 2.05) is 5.43 Å². The van der Waals surface area contributed by atoms with E-state index in [-0.39, 0.29) is 26.9 Å². The number of phenolic OH excluding ortho intramolecular Hbond substituents is 1. The minimum Gasteiger partial charge on any atom is -0.506 e. The van der Waals surface area contributed by atoms with Crippen LogP contribution in [0.25, 0.3) is 0 Å². The van der Waals surface area contributed by atoms with Crippen LogP contribution in [-0.2, 0) is 20.0 Å². The highest BCUT2D eigenvalue weighted by Crippen LogP contribution is 2.44. The van der Waals surface area contributed by atoms with Gasteiger partial charge in [0.15, 0.2) is 5.60 Å². The third-order valence-electron chi connectivity index (χ3n) is 4.80. The van der Waals surface area contributed by atoms with Gasteiger partial charge in [-0.25, -0.2) is 5.43 Å². The van der Waals surface area contributed by atoms with Crippen molar-refractivity contribution in [3.63, 3.8) is 0 Å². The number of phenols is 1. The molecule has 2 aromatic rings. The molecule has 0 aromatic heterocycles. The molecule has 0 unspecified atom stereocenters. The lowest BCUT2D eigenvalue weighted by atomic mass is 9.78. The summed E-state index contributed by atoms with van der Waals surface area (Å²) in [6.07, 6.45) is 0. The van der Waals surface area contributed by atoms with Gasteiger partial charge in [-0.05, 0) is 18.2 Å². The fourth-order valence-corrected chi connectivity index (χ4v) is 3.62. The number of nitrogens with two attached hydrogens (primary N) is 1. The summed E-state index contributed by atoms with van der Waals surface area (Å²) in [5.41, 5.74) is 5.03. The summed E-state index contributed by atoms with van der Waals surface area (Å²) in [7, 11) is 0. The highest BCUT2D eigenvalue weighted by molar-refractivity contribution is 6.38. The molecule has 11 heteroatoms. The van der Waals surface area contributed by atoms with E-state index < -0.39 is 35.0 Å². The fourth-order valence-electron chi connectivity index (χ4n) is 3.21. The Morgan fingerprint density at radius 1 is 1.20 bits per heavy atom. The van der Waals surface area contributed by atoms with Gasteiger partial charge < -0.3 is 21.3 Å². The maximum Gasteiger partial charge on any atom is 0.329 e. The van der Waals surface area contributed by atoms with Gasteiger partial charge in [-0.2, -0.15) is 5.10 Å². The number of amides is 3. The molecule has 1 aliphatic rings. The summed E-state index contributed by atoms with van der Waals surface area (Å²) in [6.45, 7) is 1.44. The zero-order valence-corrected chi connectivity index (χ0v) is 17.0. The molecule has 0 bridgehead atoms. The maximum absolute atomic E-state index is 12.7. The van der Waals surface area contributed by atoms with Gasteiger partial charge in [0, 0.05) is 17.2 Å². The lowest BCUT2D eigenvalue weighted by Gasteiger charge is -2.30. The van der Waals surface area contributed by atoms with E-state index >= 15 is 0 Å². The Kier molecular flexibility index (Phi) is 5.71. The monoisotopic (exact) mass is 450 g/mol. The van der Waals surface area contributed by atoms with Crippen LogP contribution in [0, 0.1) is 5.92 Å². The number of carbonyl (C=O) groups excluding carboxylic acids is 3. The minimum absolute atomic E-state index is 0.0221. The number of rotatable bonds is 4. The van der Waals surface area contributed by atoms with Crippen LogP contribution in [0.2, 0.25) is 10.0 Å². The van der Waals surface area contributed by atoms with Gasteiger partial charge in [0.2, 0.25) is 0 Å². The summed E-state index contributed by atoms with van der Waals surface area (Å²) in [5.74, 6) is -4.97. The van der Waals surface area contributed by atoms with E-state index in [2.05, 4.69) is 10.4 Å². The number of aliphatic hydroxyl groups is 1. The number of nitrogens with one attached hydrogen (secondary N) is 2. The zero-order chi connectivity index (χ0) is 22.2. The molecule has 0 radical (unpaired) electrons. The van der Waals surface area contributed by atoms with E-state index in [1.54, 1.807) is 24.3 Å². The Morgan fingerprint density at radius 2 is 1.83 bits per heavy atom. The van der Waals surface area contributed by atoms with Crippen LogP contribution < -0.4 is 16.5 Å². The van der Waals surface area contributed by atoms with Crippen molar-refractivity contribution in [2.75, 3.05) is 5.32 Å². The minimum atomic E-state index is -2.13. The number of carbonyl (C=O) groups is 3. The first-order chi connectivity index (χ1) is 14.1. The van der Waals surface area contributed by atoms with Gasteiger partial charge in [-0.3, -0.25) is 14.4 Å². The molecule has 0 saturated heterocycles. The normalized spacial score (nSPS) is 19.1. The topological polar surface area (TPSA) is 154 Å². The van der Waals surface area contributed by atoms with Crippen molar-refractivity contribution in [2.24, 2.45) is 16.8 Å². The molecule has 3 rings (SSSR count). The van der Waals surface area contributed by atoms with Crippen LogP contribution >= 0.6 is 23.2 Å². The first kappa shape index (κ1) is 21.6. The van der Waals surface area contributed by atoms with Crippen molar-refractivity contribution >= 4 is 52.3 Å². The molecule has 1 aliphatic heterocycles. The predicted molar refractivity (Wildman–Crippen MR) is 110 cm³/mol. The van der Waals surface area contributed by atoms with Crippen molar-refractivity contribution < 1.29 is 24.6 Å². The van der Waals surface area contributed by atoms with Crippen LogP contribution in [0.5, 0.6) is 5.75 Å². The van der Waals surface area contributed by atoms with Crippen LogP contribution in [0.1, 0.15) is 18.1 Å². The van der Waals surface area contributed by atoms with E-state index in [1.165, 1.54) is 19.1 Å².